The molecule has 3 rings (SSSR count). The van der Waals surface area contributed by atoms with Crippen LogP contribution in [0, 0.1) is 6.92 Å². The van der Waals surface area contributed by atoms with E-state index < -0.39 is 8.32 Å². The van der Waals surface area contributed by atoms with Crippen LogP contribution in [-0.2, 0) is 27.1 Å². The fraction of sp³-hybridized carbons (Fsp3) is 0.500. The molecule has 1 N–H and O–H groups in total. The smallest absolute Gasteiger partial charge is 0.192 e. The summed E-state index contributed by atoms with van der Waals surface area (Å²) in [6.07, 6.45) is -0.624. The van der Waals surface area contributed by atoms with E-state index in [9.17, 15) is 0 Å². The molecule has 1 heterocycles. The Morgan fingerprint density at radius 1 is 1.00 bits per heavy atom. The van der Waals surface area contributed by atoms with Crippen molar-refractivity contribution in [2.45, 2.75) is 77.3 Å². The number of rotatable bonds is 9. The van der Waals surface area contributed by atoms with Crippen LogP contribution in [0.15, 0.2) is 48.5 Å². The zero-order valence-electron chi connectivity index (χ0n) is 20.5. The van der Waals surface area contributed by atoms with E-state index in [0.717, 1.165) is 11.1 Å². The fourth-order valence-electron chi connectivity index (χ4n) is 3.40. The molecule has 1 aliphatic rings. The molecule has 0 spiro atoms. The Morgan fingerprint density at radius 2 is 1.67 bits per heavy atom. The van der Waals surface area contributed by atoms with Crippen molar-refractivity contribution in [3.05, 3.63) is 70.2 Å². The third kappa shape index (κ3) is 6.87. The van der Waals surface area contributed by atoms with Gasteiger partial charge in [0.15, 0.2) is 8.32 Å². The molecule has 3 unspecified atom stereocenters. The SMILES string of the molecule is Cc1ccc(COC2C(=S)NC(CO[Si](C)(C)C(C)(C)C)C2OCc2ccccc2Cl)cc1. The molecule has 0 amide bonds. The number of nitrogens with one attached hydrogen (secondary N) is 1. The molecule has 4 nitrogen and oxygen atoms in total. The number of hydrogen-bond acceptors (Lipinski definition) is 4. The Hall–Kier alpha value is -1.28. The van der Waals surface area contributed by atoms with E-state index in [1.807, 2.05) is 24.3 Å². The maximum absolute atomic E-state index is 6.51. The highest BCUT2D eigenvalue weighted by molar-refractivity contribution is 7.80. The van der Waals surface area contributed by atoms with Gasteiger partial charge in [-0.3, -0.25) is 0 Å². The van der Waals surface area contributed by atoms with Crippen molar-refractivity contribution in [3.63, 3.8) is 0 Å². The molecular weight excluding hydrogens is 470 g/mol. The molecule has 7 heteroatoms. The van der Waals surface area contributed by atoms with Gasteiger partial charge >= 0.3 is 0 Å². The summed E-state index contributed by atoms with van der Waals surface area (Å²) in [5, 5.41) is 4.24. The second kappa shape index (κ2) is 11.0. The van der Waals surface area contributed by atoms with Crippen LogP contribution in [0.5, 0.6) is 0 Å². The molecule has 0 saturated carbocycles. The Morgan fingerprint density at radius 3 is 2.30 bits per heavy atom. The van der Waals surface area contributed by atoms with Gasteiger partial charge in [0.05, 0.1) is 25.9 Å². The molecule has 1 fully saturated rings. The van der Waals surface area contributed by atoms with Gasteiger partial charge < -0.3 is 19.2 Å². The van der Waals surface area contributed by atoms with E-state index in [1.54, 1.807) is 0 Å². The number of benzene rings is 2. The van der Waals surface area contributed by atoms with Crippen molar-refractivity contribution in [1.29, 1.82) is 0 Å². The monoisotopic (exact) mass is 505 g/mol. The van der Waals surface area contributed by atoms with Crippen LogP contribution < -0.4 is 5.32 Å². The summed E-state index contributed by atoms with van der Waals surface area (Å²) in [7, 11) is -1.92. The van der Waals surface area contributed by atoms with Gasteiger partial charge in [-0.2, -0.15) is 0 Å². The van der Waals surface area contributed by atoms with Gasteiger partial charge in [-0.25, -0.2) is 0 Å². The second-order valence-electron chi connectivity index (χ2n) is 10.3. The zero-order valence-corrected chi connectivity index (χ0v) is 23.1. The van der Waals surface area contributed by atoms with Gasteiger partial charge in [-0.05, 0) is 42.2 Å². The van der Waals surface area contributed by atoms with Gasteiger partial charge in [0.1, 0.15) is 17.2 Å². The first-order chi connectivity index (χ1) is 15.5. The first kappa shape index (κ1) is 26.3. The Labute approximate surface area is 210 Å². The van der Waals surface area contributed by atoms with Crippen molar-refractivity contribution in [2.75, 3.05) is 6.61 Å². The lowest BCUT2D eigenvalue weighted by atomic mass is 10.1. The Kier molecular flexibility index (Phi) is 8.75. The summed E-state index contributed by atoms with van der Waals surface area (Å²) in [6, 6.07) is 16.0. The number of aryl methyl sites for hydroxylation is 1. The molecule has 2 aromatic carbocycles. The molecule has 180 valence electrons. The molecule has 0 aliphatic carbocycles. The number of hydrogen-bond donors (Lipinski definition) is 1. The van der Waals surface area contributed by atoms with Crippen molar-refractivity contribution >= 4 is 37.1 Å². The van der Waals surface area contributed by atoms with Crippen LogP contribution in [-0.4, -0.2) is 38.2 Å². The zero-order chi connectivity index (χ0) is 24.2. The first-order valence-corrected chi connectivity index (χ1v) is 15.1. The average molecular weight is 506 g/mol. The van der Waals surface area contributed by atoms with Crippen LogP contribution in [0.4, 0.5) is 0 Å². The lowest BCUT2D eigenvalue weighted by Gasteiger charge is -2.37. The molecule has 1 aliphatic heterocycles. The minimum absolute atomic E-state index is 0.0860. The molecule has 0 radical (unpaired) electrons. The number of thiocarbonyl (C=S) groups is 1. The van der Waals surface area contributed by atoms with Crippen molar-refractivity contribution in [3.8, 4) is 0 Å². The average Bonchev–Trinajstić information content (AvgIpc) is 3.05. The molecule has 33 heavy (non-hydrogen) atoms. The Bertz CT molecular complexity index is 945. The van der Waals surface area contributed by atoms with Gasteiger partial charge in [0, 0.05) is 5.02 Å². The minimum Gasteiger partial charge on any atom is -0.415 e. The van der Waals surface area contributed by atoms with E-state index in [4.69, 9.17) is 37.7 Å². The van der Waals surface area contributed by atoms with Crippen LogP contribution in [0.1, 0.15) is 37.5 Å². The number of ether oxygens (including phenoxy) is 2. The third-order valence-electron chi connectivity index (χ3n) is 6.65. The van der Waals surface area contributed by atoms with E-state index in [-0.39, 0.29) is 23.3 Å². The standard InChI is InChI=1S/C26H36ClNO3SSi/c1-18-11-13-19(14-12-18)15-29-24-23(30-16-20-9-7-8-10-21(20)27)22(28-25(24)32)17-31-33(5,6)26(2,3)4/h7-14,22-24H,15-17H2,1-6H3,(H,28,32). The quantitative estimate of drug-likeness (QED) is 0.313. The second-order valence-corrected chi connectivity index (χ2v) is 15.9. The highest BCUT2D eigenvalue weighted by Gasteiger charge is 2.44. The lowest BCUT2D eigenvalue weighted by Crippen LogP contribution is -2.47. The van der Waals surface area contributed by atoms with Crippen LogP contribution in [0.3, 0.4) is 0 Å². The van der Waals surface area contributed by atoms with Gasteiger partial charge in [0.2, 0.25) is 0 Å². The van der Waals surface area contributed by atoms with Gasteiger partial charge in [-0.1, -0.05) is 92.6 Å². The van der Waals surface area contributed by atoms with Crippen LogP contribution in [0.25, 0.3) is 0 Å². The summed E-state index contributed by atoms with van der Waals surface area (Å²) in [5.41, 5.74) is 3.27. The normalized spacial score (nSPS) is 21.3. The summed E-state index contributed by atoms with van der Waals surface area (Å²) in [5.74, 6) is 0. The van der Waals surface area contributed by atoms with E-state index >= 15 is 0 Å². The lowest BCUT2D eigenvalue weighted by molar-refractivity contribution is -0.0610. The molecule has 2 aromatic rings. The van der Waals surface area contributed by atoms with E-state index in [1.165, 1.54) is 5.56 Å². The molecular formula is C26H36ClNO3SSi. The highest BCUT2D eigenvalue weighted by atomic mass is 35.5. The highest BCUT2D eigenvalue weighted by Crippen LogP contribution is 2.37. The summed E-state index contributed by atoms with van der Waals surface area (Å²) < 4.78 is 19.2. The summed E-state index contributed by atoms with van der Waals surface area (Å²) in [4.78, 5) is 0.662. The van der Waals surface area contributed by atoms with Gasteiger partial charge in [0.25, 0.3) is 0 Å². The van der Waals surface area contributed by atoms with Crippen LogP contribution in [0.2, 0.25) is 23.2 Å². The molecule has 0 bridgehead atoms. The first-order valence-electron chi connectivity index (χ1n) is 11.4. The summed E-state index contributed by atoms with van der Waals surface area (Å²) >= 11 is 12.0. The van der Waals surface area contributed by atoms with E-state index in [0.29, 0.717) is 29.8 Å². The summed E-state index contributed by atoms with van der Waals surface area (Å²) in [6.45, 7) is 14.7. The van der Waals surface area contributed by atoms with Crippen molar-refractivity contribution < 1.29 is 13.9 Å². The topological polar surface area (TPSA) is 39.7 Å². The largest absolute Gasteiger partial charge is 0.415 e. The van der Waals surface area contributed by atoms with Crippen LogP contribution >= 0.6 is 23.8 Å². The predicted molar refractivity (Wildman–Crippen MR) is 142 cm³/mol. The Balaban J connectivity index is 1.73. The minimum atomic E-state index is -1.92. The molecule has 0 aromatic heterocycles. The maximum Gasteiger partial charge on any atom is 0.192 e. The van der Waals surface area contributed by atoms with Crippen molar-refractivity contribution in [2.24, 2.45) is 0 Å². The maximum atomic E-state index is 6.51. The molecule has 1 saturated heterocycles. The molecule has 3 atom stereocenters. The predicted octanol–water partition coefficient (Wildman–Crippen LogP) is 6.44. The number of halogens is 1. The fourth-order valence-corrected chi connectivity index (χ4v) is 4.98. The van der Waals surface area contributed by atoms with Gasteiger partial charge in [-0.15, -0.1) is 0 Å². The van der Waals surface area contributed by atoms with Crippen molar-refractivity contribution in [1.82, 2.24) is 5.32 Å². The van der Waals surface area contributed by atoms with E-state index in [2.05, 4.69) is 70.4 Å². The third-order valence-corrected chi connectivity index (χ3v) is 11.9.